The summed E-state index contributed by atoms with van der Waals surface area (Å²) >= 11 is 0. The van der Waals surface area contributed by atoms with Crippen molar-refractivity contribution < 1.29 is 13.8 Å². The molecular weight excluding hydrogens is 312 g/mol. The van der Waals surface area contributed by atoms with E-state index in [1.807, 2.05) is 7.05 Å². The first-order valence-electron chi connectivity index (χ1n) is 7.78. The summed E-state index contributed by atoms with van der Waals surface area (Å²) in [5.41, 5.74) is 2.56. The van der Waals surface area contributed by atoms with Gasteiger partial charge in [-0.2, -0.15) is 10.1 Å². The highest BCUT2D eigenvalue weighted by atomic mass is 16.5. The van der Waals surface area contributed by atoms with Gasteiger partial charge in [-0.25, -0.2) is 0 Å². The molecule has 0 aromatic carbocycles. The van der Waals surface area contributed by atoms with Crippen LogP contribution in [0.5, 0.6) is 0 Å². The molecule has 124 valence electrons. The number of amides is 1. The third kappa shape index (κ3) is 2.68. The van der Waals surface area contributed by atoms with E-state index in [1.165, 1.54) is 0 Å². The van der Waals surface area contributed by atoms with Crippen LogP contribution in [0.15, 0.2) is 21.4 Å². The van der Waals surface area contributed by atoms with Crippen molar-refractivity contribution in [2.75, 3.05) is 0 Å². The number of carbonyl (C=O) groups excluding carboxylic acids is 1. The van der Waals surface area contributed by atoms with Gasteiger partial charge < -0.3 is 14.4 Å². The molecule has 1 aliphatic carbocycles. The van der Waals surface area contributed by atoms with Crippen LogP contribution in [-0.4, -0.2) is 31.0 Å². The monoisotopic (exact) mass is 328 g/mol. The van der Waals surface area contributed by atoms with Gasteiger partial charge in [-0.05, 0) is 25.7 Å². The zero-order chi connectivity index (χ0) is 16.5. The summed E-state index contributed by atoms with van der Waals surface area (Å²) in [5, 5.41) is 14.7. The fourth-order valence-electron chi connectivity index (χ4n) is 2.79. The maximum absolute atomic E-state index is 12.3. The summed E-state index contributed by atoms with van der Waals surface area (Å²) in [6.07, 6.45) is 7.26. The van der Waals surface area contributed by atoms with Crippen molar-refractivity contribution in [1.82, 2.24) is 30.4 Å². The largest absolute Gasteiger partial charge is 0.350 e. The van der Waals surface area contributed by atoms with Gasteiger partial charge in [0, 0.05) is 18.8 Å². The van der Waals surface area contributed by atoms with Crippen molar-refractivity contribution in [3.8, 4) is 11.4 Å². The lowest BCUT2D eigenvalue weighted by molar-refractivity contribution is 0.0908. The van der Waals surface area contributed by atoms with Crippen LogP contribution in [0.25, 0.3) is 11.4 Å². The number of fused-ring (bicyclic) bond motifs is 1. The summed E-state index contributed by atoms with van der Waals surface area (Å²) in [7, 11) is 1.81. The number of hydrogen-bond donors (Lipinski definition) is 1. The minimum Gasteiger partial charge on any atom is -0.350 e. The number of rotatable bonds is 4. The molecule has 0 bridgehead atoms. The Hall–Kier alpha value is -2.97. The molecule has 0 saturated carbocycles. The van der Waals surface area contributed by atoms with Crippen LogP contribution in [0, 0.1) is 0 Å². The van der Waals surface area contributed by atoms with Crippen molar-refractivity contribution in [1.29, 1.82) is 0 Å². The first-order valence-corrected chi connectivity index (χ1v) is 7.78. The van der Waals surface area contributed by atoms with Crippen LogP contribution in [0.3, 0.4) is 0 Å². The van der Waals surface area contributed by atoms with E-state index in [2.05, 4.69) is 25.7 Å². The molecule has 1 amide bonds. The van der Waals surface area contributed by atoms with Gasteiger partial charge in [0.05, 0.1) is 24.0 Å². The lowest BCUT2D eigenvalue weighted by Crippen LogP contribution is -2.24. The molecule has 0 fully saturated rings. The van der Waals surface area contributed by atoms with Crippen LogP contribution < -0.4 is 5.32 Å². The molecule has 1 aliphatic rings. The predicted molar refractivity (Wildman–Crippen MR) is 80.8 cm³/mol. The van der Waals surface area contributed by atoms with E-state index in [9.17, 15) is 4.79 Å². The standard InChI is InChI=1S/C15H16N6O3/c1-21-8-9(6-17-21)14-18-12(23-20-14)7-16-15(22)13-10-4-2-3-5-11(10)19-24-13/h6,8H,2-5,7H2,1H3,(H,16,22). The molecular formula is C15H16N6O3. The van der Waals surface area contributed by atoms with Crippen LogP contribution in [0.1, 0.15) is 40.5 Å². The van der Waals surface area contributed by atoms with E-state index < -0.39 is 0 Å². The Bertz CT molecular complexity index is 878. The molecule has 0 spiro atoms. The Morgan fingerprint density at radius 2 is 2.17 bits per heavy atom. The van der Waals surface area contributed by atoms with Crippen LogP contribution in [0.4, 0.5) is 0 Å². The van der Waals surface area contributed by atoms with Crippen LogP contribution in [0.2, 0.25) is 0 Å². The average Bonchev–Trinajstić information content (AvgIpc) is 3.31. The third-order valence-electron chi connectivity index (χ3n) is 4.00. The summed E-state index contributed by atoms with van der Waals surface area (Å²) in [6.45, 7) is 0.127. The molecule has 3 aromatic heterocycles. The predicted octanol–water partition coefficient (Wildman–Crippen LogP) is 1.27. The van der Waals surface area contributed by atoms with E-state index in [0.29, 0.717) is 11.7 Å². The van der Waals surface area contributed by atoms with Gasteiger partial charge in [0.2, 0.25) is 17.5 Å². The third-order valence-corrected chi connectivity index (χ3v) is 4.00. The fourth-order valence-corrected chi connectivity index (χ4v) is 2.79. The van der Waals surface area contributed by atoms with Gasteiger partial charge in [0.1, 0.15) is 0 Å². The molecule has 0 saturated heterocycles. The molecule has 0 aliphatic heterocycles. The summed E-state index contributed by atoms with van der Waals surface area (Å²) < 4.78 is 12.0. The van der Waals surface area contributed by atoms with E-state index in [0.717, 1.165) is 42.5 Å². The minimum atomic E-state index is -0.313. The van der Waals surface area contributed by atoms with Crippen molar-refractivity contribution in [2.45, 2.75) is 32.2 Å². The molecule has 4 rings (SSSR count). The second-order valence-corrected chi connectivity index (χ2v) is 5.74. The maximum Gasteiger partial charge on any atom is 0.290 e. The fraction of sp³-hybridized carbons (Fsp3) is 0.400. The zero-order valence-corrected chi connectivity index (χ0v) is 13.2. The smallest absolute Gasteiger partial charge is 0.290 e. The molecule has 9 heteroatoms. The second-order valence-electron chi connectivity index (χ2n) is 5.74. The molecule has 0 radical (unpaired) electrons. The molecule has 3 aromatic rings. The molecule has 0 atom stereocenters. The number of hydrogen-bond acceptors (Lipinski definition) is 7. The molecule has 24 heavy (non-hydrogen) atoms. The molecule has 3 heterocycles. The van der Waals surface area contributed by atoms with Gasteiger partial charge in [0.25, 0.3) is 5.91 Å². The Kier molecular flexibility index (Phi) is 3.60. The van der Waals surface area contributed by atoms with Crippen molar-refractivity contribution in [3.05, 3.63) is 35.3 Å². The summed E-state index contributed by atoms with van der Waals surface area (Å²) in [6, 6.07) is 0. The number of aryl methyl sites for hydroxylation is 2. The van der Waals surface area contributed by atoms with E-state index in [1.54, 1.807) is 17.1 Å². The number of carbonyl (C=O) groups is 1. The average molecular weight is 328 g/mol. The Morgan fingerprint density at radius 1 is 1.29 bits per heavy atom. The van der Waals surface area contributed by atoms with Crippen LogP contribution >= 0.6 is 0 Å². The first-order chi connectivity index (χ1) is 11.7. The highest BCUT2D eigenvalue weighted by Crippen LogP contribution is 2.23. The van der Waals surface area contributed by atoms with Crippen molar-refractivity contribution in [3.63, 3.8) is 0 Å². The minimum absolute atomic E-state index is 0.127. The van der Waals surface area contributed by atoms with Gasteiger partial charge in [-0.3, -0.25) is 9.48 Å². The first kappa shape index (κ1) is 14.6. The zero-order valence-electron chi connectivity index (χ0n) is 13.2. The topological polar surface area (TPSA) is 112 Å². The van der Waals surface area contributed by atoms with Gasteiger partial charge in [-0.15, -0.1) is 0 Å². The van der Waals surface area contributed by atoms with Crippen molar-refractivity contribution in [2.24, 2.45) is 7.05 Å². The Labute approximate surface area is 137 Å². The maximum atomic E-state index is 12.3. The number of aromatic nitrogens is 5. The molecule has 1 N–H and O–H groups in total. The normalized spacial score (nSPS) is 13.7. The number of nitrogens with one attached hydrogen (secondary N) is 1. The van der Waals surface area contributed by atoms with Gasteiger partial charge in [-0.1, -0.05) is 10.3 Å². The Balaban J connectivity index is 1.43. The quantitative estimate of drug-likeness (QED) is 0.767. The summed E-state index contributed by atoms with van der Waals surface area (Å²) in [5.74, 6) is 0.725. The molecule has 0 unspecified atom stereocenters. The lowest BCUT2D eigenvalue weighted by Gasteiger charge is -2.08. The number of nitrogens with zero attached hydrogens (tertiary/aromatic N) is 5. The van der Waals surface area contributed by atoms with Gasteiger partial charge in [0.15, 0.2) is 0 Å². The lowest BCUT2D eigenvalue weighted by atomic mass is 9.96. The van der Waals surface area contributed by atoms with E-state index in [-0.39, 0.29) is 18.2 Å². The SMILES string of the molecule is Cn1cc(-c2noc(CNC(=O)c3onc4c3CCCC4)n2)cn1. The van der Waals surface area contributed by atoms with E-state index >= 15 is 0 Å². The van der Waals surface area contributed by atoms with Crippen molar-refractivity contribution >= 4 is 5.91 Å². The molecule has 9 nitrogen and oxygen atoms in total. The van der Waals surface area contributed by atoms with E-state index in [4.69, 9.17) is 9.05 Å². The highest BCUT2D eigenvalue weighted by Gasteiger charge is 2.24. The van der Waals surface area contributed by atoms with Gasteiger partial charge >= 0.3 is 0 Å². The second kappa shape index (κ2) is 5.91. The highest BCUT2D eigenvalue weighted by molar-refractivity contribution is 5.92. The Morgan fingerprint density at radius 3 is 3.00 bits per heavy atom. The summed E-state index contributed by atoms with van der Waals surface area (Å²) in [4.78, 5) is 16.5. The van der Waals surface area contributed by atoms with Crippen LogP contribution in [-0.2, 0) is 26.4 Å².